The minimum atomic E-state index is -0.448. The summed E-state index contributed by atoms with van der Waals surface area (Å²) < 4.78 is 10.4. The van der Waals surface area contributed by atoms with E-state index < -0.39 is 6.29 Å². The van der Waals surface area contributed by atoms with E-state index in [2.05, 4.69) is 29.2 Å². The molecule has 0 aliphatic rings. The van der Waals surface area contributed by atoms with Crippen LogP contribution in [0.2, 0.25) is 0 Å². The summed E-state index contributed by atoms with van der Waals surface area (Å²) >= 11 is 0. The number of aromatic hydroxyl groups is 1. The Kier molecular flexibility index (Phi) is 4.89. The van der Waals surface area contributed by atoms with E-state index in [-0.39, 0.29) is 5.75 Å². The largest absolute Gasteiger partial charge is 0.508 e. The highest BCUT2D eigenvalue weighted by Crippen LogP contribution is 2.26. The van der Waals surface area contributed by atoms with Gasteiger partial charge in [-0.15, -0.1) is 0 Å². The van der Waals surface area contributed by atoms with E-state index in [0.29, 0.717) is 0 Å². The molecule has 1 aromatic heterocycles. The van der Waals surface area contributed by atoms with Crippen LogP contribution in [0.3, 0.4) is 0 Å². The number of nitrogens with zero attached hydrogens (tertiary/aromatic N) is 1. The van der Waals surface area contributed by atoms with Gasteiger partial charge in [0.2, 0.25) is 6.29 Å². The quantitative estimate of drug-likeness (QED) is 0.707. The predicted molar refractivity (Wildman–Crippen MR) is 93.5 cm³/mol. The van der Waals surface area contributed by atoms with Crippen molar-refractivity contribution in [1.82, 2.24) is 4.98 Å². The summed E-state index contributed by atoms with van der Waals surface area (Å²) in [6.07, 6.45) is 1.37. The molecule has 0 amide bonds. The van der Waals surface area contributed by atoms with Gasteiger partial charge >= 0.3 is 0 Å². The lowest BCUT2D eigenvalue weighted by Gasteiger charge is -2.13. The molecule has 0 spiro atoms. The molecular formula is C20H19NO3. The van der Waals surface area contributed by atoms with E-state index in [0.717, 1.165) is 27.9 Å². The number of hydrogen-bond donors (Lipinski definition) is 1. The van der Waals surface area contributed by atoms with E-state index in [1.807, 2.05) is 30.5 Å². The van der Waals surface area contributed by atoms with Gasteiger partial charge in [-0.05, 0) is 34.9 Å². The minimum Gasteiger partial charge on any atom is -0.508 e. The molecule has 3 rings (SSSR count). The van der Waals surface area contributed by atoms with Crippen LogP contribution < -0.4 is 0 Å². The molecule has 0 aliphatic heterocycles. The van der Waals surface area contributed by atoms with Crippen molar-refractivity contribution < 1.29 is 14.6 Å². The minimum absolute atomic E-state index is 0.270. The molecule has 1 N–H and O–H groups in total. The van der Waals surface area contributed by atoms with Crippen LogP contribution in [0.25, 0.3) is 22.3 Å². The smallest absolute Gasteiger partial charge is 0.200 e. The number of phenols is 1. The molecule has 24 heavy (non-hydrogen) atoms. The fraction of sp³-hybridized carbons (Fsp3) is 0.150. The molecule has 0 saturated carbocycles. The maximum atomic E-state index is 9.37. The van der Waals surface area contributed by atoms with Crippen LogP contribution in [0.4, 0.5) is 0 Å². The highest BCUT2D eigenvalue weighted by atomic mass is 16.7. The molecule has 0 fully saturated rings. The second-order valence-corrected chi connectivity index (χ2v) is 5.40. The molecular weight excluding hydrogens is 302 g/mol. The van der Waals surface area contributed by atoms with Crippen LogP contribution in [0.1, 0.15) is 12.0 Å². The zero-order chi connectivity index (χ0) is 16.9. The van der Waals surface area contributed by atoms with Crippen LogP contribution in [0.5, 0.6) is 5.75 Å². The number of hydrogen-bond acceptors (Lipinski definition) is 4. The van der Waals surface area contributed by atoms with Crippen molar-refractivity contribution in [3.8, 4) is 28.0 Å². The molecule has 3 aromatic rings. The third kappa shape index (κ3) is 3.45. The van der Waals surface area contributed by atoms with Gasteiger partial charge in [-0.3, -0.25) is 4.98 Å². The van der Waals surface area contributed by atoms with Gasteiger partial charge < -0.3 is 14.6 Å². The van der Waals surface area contributed by atoms with Crippen LogP contribution in [-0.2, 0) is 9.47 Å². The fourth-order valence-electron chi connectivity index (χ4n) is 2.56. The van der Waals surface area contributed by atoms with Gasteiger partial charge in [0.1, 0.15) is 5.75 Å². The molecule has 0 unspecified atom stereocenters. The average molecular weight is 321 g/mol. The lowest BCUT2D eigenvalue weighted by Crippen LogP contribution is -2.05. The number of aromatic nitrogens is 1. The second kappa shape index (κ2) is 7.25. The van der Waals surface area contributed by atoms with Crippen molar-refractivity contribution in [2.75, 3.05) is 14.2 Å². The molecule has 0 radical (unpaired) electrons. The third-order valence-corrected chi connectivity index (χ3v) is 3.87. The van der Waals surface area contributed by atoms with Crippen molar-refractivity contribution in [2.24, 2.45) is 0 Å². The summed E-state index contributed by atoms with van der Waals surface area (Å²) in [6.45, 7) is 0. The van der Waals surface area contributed by atoms with E-state index in [9.17, 15) is 5.11 Å². The Bertz CT molecular complexity index is 777. The maximum absolute atomic E-state index is 9.37. The lowest BCUT2D eigenvalue weighted by molar-refractivity contribution is -0.108. The standard InChI is InChI=1S/C20H19NO3/c1-23-20(24-2)19-12-9-17(13-21-19)16-5-3-14(4-6-16)15-7-10-18(22)11-8-15/h3-13,20,22H,1-2H3. The molecule has 4 heteroatoms. The van der Waals surface area contributed by atoms with Gasteiger partial charge in [-0.1, -0.05) is 42.5 Å². The number of ether oxygens (including phenoxy) is 2. The molecule has 0 aliphatic carbocycles. The number of methoxy groups -OCH3 is 2. The summed E-state index contributed by atoms with van der Waals surface area (Å²) in [4.78, 5) is 4.41. The van der Waals surface area contributed by atoms with Crippen molar-refractivity contribution in [1.29, 1.82) is 0 Å². The number of pyridine rings is 1. The Morgan fingerprint density at radius 1 is 0.708 bits per heavy atom. The van der Waals surface area contributed by atoms with Gasteiger partial charge in [0.15, 0.2) is 0 Å². The molecule has 2 aromatic carbocycles. The summed E-state index contributed by atoms with van der Waals surface area (Å²) in [5, 5.41) is 9.37. The zero-order valence-electron chi connectivity index (χ0n) is 13.6. The van der Waals surface area contributed by atoms with Crippen LogP contribution >= 0.6 is 0 Å². The van der Waals surface area contributed by atoms with E-state index in [1.54, 1.807) is 26.4 Å². The van der Waals surface area contributed by atoms with Gasteiger partial charge in [-0.25, -0.2) is 0 Å². The first-order chi connectivity index (χ1) is 11.7. The first-order valence-corrected chi connectivity index (χ1v) is 7.62. The summed E-state index contributed by atoms with van der Waals surface area (Å²) in [5.74, 6) is 0.270. The van der Waals surface area contributed by atoms with Crippen LogP contribution in [-0.4, -0.2) is 24.3 Å². The molecule has 0 atom stereocenters. The number of rotatable bonds is 5. The highest BCUT2D eigenvalue weighted by Gasteiger charge is 2.10. The van der Waals surface area contributed by atoms with E-state index >= 15 is 0 Å². The van der Waals surface area contributed by atoms with Crippen LogP contribution in [0.15, 0.2) is 66.9 Å². The second-order valence-electron chi connectivity index (χ2n) is 5.40. The van der Waals surface area contributed by atoms with Crippen molar-refractivity contribution >= 4 is 0 Å². The zero-order valence-corrected chi connectivity index (χ0v) is 13.6. The highest BCUT2D eigenvalue weighted by molar-refractivity contribution is 5.70. The molecule has 0 saturated heterocycles. The van der Waals surface area contributed by atoms with Crippen molar-refractivity contribution in [2.45, 2.75) is 6.29 Å². The number of phenolic OH excluding ortho intramolecular Hbond substituents is 1. The van der Waals surface area contributed by atoms with Gasteiger partial charge in [0, 0.05) is 26.0 Å². The fourth-order valence-corrected chi connectivity index (χ4v) is 2.56. The lowest BCUT2D eigenvalue weighted by atomic mass is 10.0. The van der Waals surface area contributed by atoms with Crippen LogP contribution in [0, 0.1) is 0 Å². The van der Waals surface area contributed by atoms with E-state index in [1.165, 1.54) is 0 Å². The summed E-state index contributed by atoms with van der Waals surface area (Å²) in [5.41, 5.74) is 5.02. The molecule has 0 bridgehead atoms. The van der Waals surface area contributed by atoms with Gasteiger partial charge in [0.05, 0.1) is 5.69 Å². The van der Waals surface area contributed by atoms with Crippen molar-refractivity contribution in [3.05, 3.63) is 72.6 Å². The molecule has 122 valence electrons. The SMILES string of the molecule is COC(OC)c1ccc(-c2ccc(-c3ccc(O)cc3)cc2)cn1. The Labute approximate surface area is 141 Å². The Morgan fingerprint density at radius 2 is 1.17 bits per heavy atom. The Balaban J connectivity index is 1.81. The monoisotopic (exact) mass is 321 g/mol. The summed E-state index contributed by atoms with van der Waals surface area (Å²) in [6, 6.07) is 19.3. The maximum Gasteiger partial charge on any atom is 0.200 e. The third-order valence-electron chi connectivity index (χ3n) is 3.87. The van der Waals surface area contributed by atoms with E-state index in [4.69, 9.17) is 9.47 Å². The summed E-state index contributed by atoms with van der Waals surface area (Å²) in [7, 11) is 3.18. The molecule has 1 heterocycles. The number of benzene rings is 2. The van der Waals surface area contributed by atoms with Gasteiger partial charge in [0.25, 0.3) is 0 Å². The first kappa shape index (κ1) is 16.2. The van der Waals surface area contributed by atoms with Gasteiger partial charge in [-0.2, -0.15) is 0 Å². The first-order valence-electron chi connectivity index (χ1n) is 7.62. The Hall–Kier alpha value is -2.69. The predicted octanol–water partition coefficient (Wildman–Crippen LogP) is 4.41. The normalized spacial score (nSPS) is 11.0. The van der Waals surface area contributed by atoms with Crippen molar-refractivity contribution in [3.63, 3.8) is 0 Å². The Morgan fingerprint density at radius 3 is 1.62 bits per heavy atom. The average Bonchev–Trinajstić information content (AvgIpc) is 2.64. The molecule has 4 nitrogen and oxygen atoms in total. The topological polar surface area (TPSA) is 51.6 Å².